The molecule has 0 N–H and O–H groups in total. The van der Waals surface area contributed by atoms with E-state index in [1.54, 1.807) is 0 Å². The Balaban J connectivity index is 1.86. The molecule has 23 heavy (non-hydrogen) atoms. The molecule has 3 aliphatic rings. The van der Waals surface area contributed by atoms with Crippen LogP contribution in [0.5, 0.6) is 0 Å². The lowest BCUT2D eigenvalue weighted by molar-refractivity contribution is -0.151. The molecule has 0 aromatic heterocycles. The zero-order valence-corrected chi connectivity index (χ0v) is 14.7. The van der Waals surface area contributed by atoms with Crippen LogP contribution < -0.4 is 0 Å². The summed E-state index contributed by atoms with van der Waals surface area (Å²) in [5, 5.41) is 0. The van der Waals surface area contributed by atoms with Gasteiger partial charge in [0.2, 0.25) is 0 Å². The van der Waals surface area contributed by atoms with Gasteiger partial charge in [0.15, 0.2) is 0 Å². The van der Waals surface area contributed by atoms with Crippen molar-refractivity contribution in [3.8, 4) is 0 Å². The van der Waals surface area contributed by atoms with Crippen LogP contribution in [0.1, 0.15) is 57.9 Å². The second-order valence-electron chi connectivity index (χ2n) is 8.44. The van der Waals surface area contributed by atoms with Gasteiger partial charge in [-0.25, -0.2) is 0 Å². The van der Waals surface area contributed by atoms with Gasteiger partial charge in [-0.15, -0.1) is 0 Å². The molecule has 1 saturated heterocycles. The van der Waals surface area contributed by atoms with Crippen molar-refractivity contribution in [2.24, 2.45) is 11.3 Å². The highest BCUT2D eigenvalue weighted by Gasteiger charge is 2.56. The number of nitrogens with zero attached hydrogens (tertiary/aromatic N) is 1. The first kappa shape index (κ1) is 15.3. The van der Waals surface area contributed by atoms with Gasteiger partial charge >= 0.3 is 0 Å². The lowest BCUT2D eigenvalue weighted by Crippen LogP contribution is -2.57. The van der Waals surface area contributed by atoms with E-state index in [0.717, 1.165) is 13.2 Å². The van der Waals surface area contributed by atoms with Crippen LogP contribution in [0, 0.1) is 11.3 Å². The third-order valence-corrected chi connectivity index (χ3v) is 6.02. The van der Waals surface area contributed by atoms with Gasteiger partial charge in [0.25, 0.3) is 0 Å². The molecule has 2 heteroatoms. The van der Waals surface area contributed by atoms with E-state index in [0.29, 0.717) is 11.8 Å². The molecule has 2 fully saturated rings. The second kappa shape index (κ2) is 5.37. The van der Waals surface area contributed by atoms with E-state index >= 15 is 0 Å². The van der Waals surface area contributed by atoms with E-state index < -0.39 is 0 Å². The highest BCUT2D eigenvalue weighted by atomic mass is 16.5. The third kappa shape index (κ3) is 2.34. The van der Waals surface area contributed by atoms with Crippen LogP contribution in [0.25, 0.3) is 0 Å². The molecule has 124 valence electrons. The fourth-order valence-electron chi connectivity index (χ4n) is 5.07. The van der Waals surface area contributed by atoms with Gasteiger partial charge in [-0.05, 0) is 24.8 Å². The molecule has 1 aromatic carbocycles. The fourth-order valence-corrected chi connectivity index (χ4v) is 5.07. The maximum Gasteiger partial charge on any atom is 0.144 e. The summed E-state index contributed by atoms with van der Waals surface area (Å²) in [6, 6.07) is 11.1. The van der Waals surface area contributed by atoms with Crippen molar-refractivity contribution in [2.75, 3.05) is 13.2 Å². The number of hydrogen-bond donors (Lipinski definition) is 0. The zero-order chi connectivity index (χ0) is 16.1. The van der Waals surface area contributed by atoms with Crippen LogP contribution >= 0.6 is 0 Å². The first-order chi connectivity index (χ1) is 11.0. The lowest BCUT2D eigenvalue weighted by Gasteiger charge is -2.55. The van der Waals surface area contributed by atoms with Crippen molar-refractivity contribution in [1.29, 1.82) is 0 Å². The van der Waals surface area contributed by atoms with Crippen molar-refractivity contribution in [3.63, 3.8) is 0 Å². The predicted molar refractivity (Wildman–Crippen MR) is 94.1 cm³/mol. The molecule has 1 aliphatic carbocycles. The van der Waals surface area contributed by atoms with Gasteiger partial charge in [-0.3, -0.25) is 0 Å². The van der Waals surface area contributed by atoms with Crippen molar-refractivity contribution < 1.29 is 4.74 Å². The Morgan fingerprint density at radius 3 is 2.65 bits per heavy atom. The number of rotatable bonds is 1. The van der Waals surface area contributed by atoms with Crippen LogP contribution in [-0.2, 0) is 4.74 Å². The minimum absolute atomic E-state index is 0.0455. The Bertz CT molecular complexity index is 600. The summed E-state index contributed by atoms with van der Waals surface area (Å²) in [5.41, 5.74) is 3.06. The number of benzene rings is 1. The lowest BCUT2D eigenvalue weighted by atomic mass is 9.66. The zero-order valence-electron chi connectivity index (χ0n) is 14.7. The van der Waals surface area contributed by atoms with E-state index in [9.17, 15) is 0 Å². The highest BCUT2D eigenvalue weighted by molar-refractivity contribution is 5.33. The summed E-state index contributed by atoms with van der Waals surface area (Å²) in [4.78, 5) is 2.64. The SMILES string of the molecule is CC(C)(C)C1=C[C@H](c2ccccc2)[C@H]2CCCC[C@@]23OCCN13. The van der Waals surface area contributed by atoms with Crippen molar-refractivity contribution >= 4 is 0 Å². The Labute approximate surface area is 140 Å². The fraction of sp³-hybridized carbons (Fsp3) is 0.619. The first-order valence-electron chi connectivity index (χ1n) is 9.21. The van der Waals surface area contributed by atoms with Gasteiger partial charge in [0, 0.05) is 29.5 Å². The molecule has 1 aromatic rings. The number of ether oxygens (including phenoxy) is 1. The standard InChI is InChI=1S/C21H29NO/c1-20(2,3)19-15-17(16-9-5-4-6-10-16)18-11-7-8-12-21(18)22(19)13-14-23-21/h4-6,9-10,15,17-18H,7-8,11-14H2,1-3H3/t17-,18-,21-/m1/s1. The summed E-state index contributed by atoms with van der Waals surface area (Å²) < 4.78 is 6.51. The largest absolute Gasteiger partial charge is 0.353 e. The Kier molecular flexibility index (Phi) is 3.57. The average Bonchev–Trinajstić information content (AvgIpc) is 2.96. The summed E-state index contributed by atoms with van der Waals surface area (Å²) >= 11 is 0. The second-order valence-corrected chi connectivity index (χ2v) is 8.44. The topological polar surface area (TPSA) is 12.5 Å². The Hall–Kier alpha value is -1.28. The van der Waals surface area contributed by atoms with E-state index in [4.69, 9.17) is 4.74 Å². The van der Waals surface area contributed by atoms with Gasteiger partial charge in [0.1, 0.15) is 5.72 Å². The van der Waals surface area contributed by atoms with Crippen molar-refractivity contribution in [3.05, 3.63) is 47.7 Å². The minimum Gasteiger partial charge on any atom is -0.353 e. The molecule has 4 rings (SSSR count). The summed E-state index contributed by atoms with van der Waals surface area (Å²) in [5.74, 6) is 1.08. The Morgan fingerprint density at radius 2 is 1.91 bits per heavy atom. The summed E-state index contributed by atoms with van der Waals surface area (Å²) in [6.45, 7) is 8.97. The van der Waals surface area contributed by atoms with Crippen molar-refractivity contribution in [2.45, 2.75) is 58.1 Å². The highest BCUT2D eigenvalue weighted by Crippen LogP contribution is 2.55. The average molecular weight is 311 g/mol. The van der Waals surface area contributed by atoms with Crippen LogP contribution in [0.3, 0.4) is 0 Å². The minimum atomic E-state index is -0.0455. The molecule has 0 unspecified atom stereocenters. The molecule has 0 bridgehead atoms. The van der Waals surface area contributed by atoms with Crippen molar-refractivity contribution in [1.82, 2.24) is 4.90 Å². The summed E-state index contributed by atoms with van der Waals surface area (Å²) in [7, 11) is 0. The molecule has 2 aliphatic heterocycles. The number of allylic oxidation sites excluding steroid dienone is 2. The molecule has 1 saturated carbocycles. The van der Waals surface area contributed by atoms with Crippen LogP contribution in [0.4, 0.5) is 0 Å². The van der Waals surface area contributed by atoms with E-state index in [2.05, 4.69) is 62.1 Å². The maximum absolute atomic E-state index is 6.51. The molecule has 2 heterocycles. The molecule has 0 amide bonds. The van der Waals surface area contributed by atoms with Gasteiger partial charge in [-0.1, -0.05) is 63.6 Å². The maximum atomic E-state index is 6.51. The molecular weight excluding hydrogens is 282 g/mol. The molecule has 3 atom stereocenters. The van der Waals surface area contributed by atoms with Crippen LogP contribution in [0.2, 0.25) is 0 Å². The molecular formula is C21H29NO. The molecule has 2 nitrogen and oxygen atoms in total. The van der Waals surface area contributed by atoms with Gasteiger partial charge in [-0.2, -0.15) is 0 Å². The Morgan fingerprint density at radius 1 is 1.13 bits per heavy atom. The number of hydrogen-bond acceptors (Lipinski definition) is 2. The normalized spacial score (nSPS) is 33.9. The van der Waals surface area contributed by atoms with E-state index in [1.807, 2.05) is 0 Å². The van der Waals surface area contributed by atoms with Gasteiger partial charge in [0.05, 0.1) is 6.61 Å². The third-order valence-electron chi connectivity index (χ3n) is 6.02. The molecule has 1 spiro atoms. The molecule has 0 radical (unpaired) electrons. The van der Waals surface area contributed by atoms with Gasteiger partial charge < -0.3 is 9.64 Å². The first-order valence-corrected chi connectivity index (χ1v) is 9.21. The van der Waals surface area contributed by atoms with Crippen LogP contribution in [-0.4, -0.2) is 23.8 Å². The smallest absolute Gasteiger partial charge is 0.144 e. The monoisotopic (exact) mass is 311 g/mol. The quantitative estimate of drug-likeness (QED) is 0.729. The van der Waals surface area contributed by atoms with Crippen LogP contribution in [0.15, 0.2) is 42.1 Å². The predicted octanol–water partition coefficient (Wildman–Crippen LogP) is 4.93. The van der Waals surface area contributed by atoms with E-state index in [1.165, 1.54) is 36.9 Å². The van der Waals surface area contributed by atoms with E-state index in [-0.39, 0.29) is 11.1 Å². The summed E-state index contributed by atoms with van der Waals surface area (Å²) in [6.07, 6.45) is 7.67.